The van der Waals surface area contributed by atoms with E-state index in [9.17, 15) is 8.42 Å². The molecule has 1 aliphatic rings. The summed E-state index contributed by atoms with van der Waals surface area (Å²) in [5.74, 6) is 0.548. The number of aryl methyl sites for hydroxylation is 1. The molecule has 0 radical (unpaired) electrons. The monoisotopic (exact) mass is 297 g/mol. The van der Waals surface area contributed by atoms with Crippen LogP contribution in [-0.4, -0.2) is 37.5 Å². The second kappa shape index (κ2) is 6.70. The number of nitrogens with zero attached hydrogens (tertiary/aromatic N) is 1. The van der Waals surface area contributed by atoms with Gasteiger partial charge < -0.3 is 5.11 Å². The topological polar surface area (TPSA) is 57.6 Å². The highest BCUT2D eigenvalue weighted by atomic mass is 32.2. The molecule has 1 aliphatic heterocycles. The molecule has 0 amide bonds. The number of aliphatic hydroxyl groups is 1. The SMILES string of the molecule is Cc1ccc(S(=O)(=O)N2CCC(CCCO)CC2)cc1. The van der Waals surface area contributed by atoms with E-state index in [0.29, 0.717) is 23.9 Å². The Bertz CT molecular complexity index is 517. The second-order valence-corrected chi connectivity index (χ2v) is 7.46. The number of rotatable bonds is 5. The van der Waals surface area contributed by atoms with Gasteiger partial charge in [0, 0.05) is 19.7 Å². The first kappa shape index (κ1) is 15.5. The average molecular weight is 297 g/mol. The molecule has 1 fully saturated rings. The van der Waals surface area contributed by atoms with E-state index in [0.717, 1.165) is 31.2 Å². The number of hydrogen-bond donors (Lipinski definition) is 1. The summed E-state index contributed by atoms with van der Waals surface area (Å²) in [5.41, 5.74) is 1.06. The fraction of sp³-hybridized carbons (Fsp3) is 0.600. The lowest BCUT2D eigenvalue weighted by Gasteiger charge is -2.31. The molecule has 2 rings (SSSR count). The Morgan fingerprint density at radius 2 is 1.80 bits per heavy atom. The largest absolute Gasteiger partial charge is 0.396 e. The molecule has 0 unspecified atom stereocenters. The lowest BCUT2D eigenvalue weighted by Crippen LogP contribution is -2.38. The third-order valence-corrected chi connectivity index (χ3v) is 5.92. The Labute approximate surface area is 121 Å². The zero-order valence-electron chi connectivity index (χ0n) is 12.0. The summed E-state index contributed by atoms with van der Waals surface area (Å²) in [5, 5.41) is 8.84. The summed E-state index contributed by atoms with van der Waals surface area (Å²) in [6, 6.07) is 7.03. The molecule has 112 valence electrons. The first-order valence-electron chi connectivity index (χ1n) is 7.21. The van der Waals surface area contributed by atoms with E-state index >= 15 is 0 Å². The fourth-order valence-corrected chi connectivity index (χ4v) is 4.15. The Morgan fingerprint density at radius 1 is 1.20 bits per heavy atom. The molecule has 1 heterocycles. The van der Waals surface area contributed by atoms with Gasteiger partial charge in [-0.3, -0.25) is 0 Å². The van der Waals surface area contributed by atoms with E-state index in [1.54, 1.807) is 16.4 Å². The lowest BCUT2D eigenvalue weighted by molar-refractivity contribution is 0.230. The predicted octanol–water partition coefficient (Wildman–Crippen LogP) is 2.17. The summed E-state index contributed by atoms with van der Waals surface area (Å²) < 4.78 is 26.6. The number of piperidine rings is 1. The molecule has 0 spiro atoms. The maximum absolute atomic E-state index is 12.5. The van der Waals surface area contributed by atoms with Crippen molar-refractivity contribution in [3.8, 4) is 0 Å². The molecular weight excluding hydrogens is 274 g/mol. The highest BCUT2D eigenvalue weighted by Crippen LogP contribution is 2.26. The van der Waals surface area contributed by atoms with Crippen LogP contribution < -0.4 is 0 Å². The maximum Gasteiger partial charge on any atom is 0.243 e. The number of sulfonamides is 1. The van der Waals surface area contributed by atoms with Gasteiger partial charge in [-0.05, 0) is 50.7 Å². The van der Waals surface area contributed by atoms with E-state index in [2.05, 4.69) is 0 Å². The van der Waals surface area contributed by atoms with Crippen molar-refractivity contribution in [3.05, 3.63) is 29.8 Å². The van der Waals surface area contributed by atoms with Crippen LogP contribution in [0, 0.1) is 12.8 Å². The van der Waals surface area contributed by atoms with Gasteiger partial charge in [-0.25, -0.2) is 8.42 Å². The highest BCUT2D eigenvalue weighted by Gasteiger charge is 2.28. The first-order valence-corrected chi connectivity index (χ1v) is 8.65. The minimum absolute atomic E-state index is 0.224. The van der Waals surface area contributed by atoms with Gasteiger partial charge in [0.2, 0.25) is 10.0 Å². The minimum Gasteiger partial charge on any atom is -0.396 e. The quantitative estimate of drug-likeness (QED) is 0.906. The maximum atomic E-state index is 12.5. The Balaban J connectivity index is 2.00. The molecule has 0 bridgehead atoms. The summed E-state index contributed by atoms with van der Waals surface area (Å²) >= 11 is 0. The zero-order valence-corrected chi connectivity index (χ0v) is 12.8. The van der Waals surface area contributed by atoms with E-state index < -0.39 is 10.0 Å². The molecule has 1 aromatic carbocycles. The van der Waals surface area contributed by atoms with Gasteiger partial charge in [0.25, 0.3) is 0 Å². The van der Waals surface area contributed by atoms with Crippen LogP contribution in [0.25, 0.3) is 0 Å². The van der Waals surface area contributed by atoms with Crippen LogP contribution in [0.1, 0.15) is 31.2 Å². The van der Waals surface area contributed by atoms with Gasteiger partial charge in [0.1, 0.15) is 0 Å². The standard InChI is InChI=1S/C15H23NO3S/c1-13-4-6-15(7-5-13)20(18,19)16-10-8-14(9-11-16)3-2-12-17/h4-7,14,17H,2-3,8-12H2,1H3. The molecule has 1 aromatic rings. The third-order valence-electron chi connectivity index (χ3n) is 4.00. The van der Waals surface area contributed by atoms with Crippen molar-refractivity contribution >= 4 is 10.0 Å². The minimum atomic E-state index is -3.34. The highest BCUT2D eigenvalue weighted by molar-refractivity contribution is 7.89. The van der Waals surface area contributed by atoms with Gasteiger partial charge in [-0.15, -0.1) is 0 Å². The third kappa shape index (κ3) is 3.59. The smallest absolute Gasteiger partial charge is 0.243 e. The normalized spacial score (nSPS) is 18.3. The van der Waals surface area contributed by atoms with E-state index in [4.69, 9.17) is 5.11 Å². The summed E-state index contributed by atoms with van der Waals surface area (Å²) in [6.45, 7) is 3.35. The van der Waals surface area contributed by atoms with Gasteiger partial charge in [0.05, 0.1) is 4.90 Å². The second-order valence-electron chi connectivity index (χ2n) is 5.53. The van der Waals surface area contributed by atoms with Gasteiger partial charge in [-0.1, -0.05) is 17.7 Å². The van der Waals surface area contributed by atoms with Crippen LogP contribution in [0.3, 0.4) is 0 Å². The van der Waals surface area contributed by atoms with Crippen LogP contribution in [0.2, 0.25) is 0 Å². The molecule has 0 saturated carbocycles. The molecule has 1 saturated heterocycles. The fourth-order valence-electron chi connectivity index (χ4n) is 2.68. The lowest BCUT2D eigenvalue weighted by atomic mass is 9.93. The molecule has 20 heavy (non-hydrogen) atoms. The summed E-state index contributed by atoms with van der Waals surface area (Å²) in [4.78, 5) is 0.386. The molecule has 1 N–H and O–H groups in total. The van der Waals surface area contributed by atoms with Crippen molar-refractivity contribution in [2.75, 3.05) is 19.7 Å². The average Bonchev–Trinajstić information content (AvgIpc) is 2.46. The summed E-state index contributed by atoms with van der Waals surface area (Å²) in [7, 11) is -3.34. The number of hydrogen-bond acceptors (Lipinski definition) is 3. The predicted molar refractivity (Wildman–Crippen MR) is 79.0 cm³/mol. The van der Waals surface area contributed by atoms with Crippen molar-refractivity contribution in [2.24, 2.45) is 5.92 Å². The van der Waals surface area contributed by atoms with Crippen molar-refractivity contribution < 1.29 is 13.5 Å². The molecular formula is C15H23NO3S. The molecule has 0 atom stereocenters. The van der Waals surface area contributed by atoms with Crippen LogP contribution in [-0.2, 0) is 10.0 Å². The molecule has 4 nitrogen and oxygen atoms in total. The van der Waals surface area contributed by atoms with Crippen LogP contribution in [0.5, 0.6) is 0 Å². The summed E-state index contributed by atoms with van der Waals surface area (Å²) in [6.07, 6.45) is 3.60. The van der Waals surface area contributed by atoms with Crippen LogP contribution in [0.15, 0.2) is 29.2 Å². The van der Waals surface area contributed by atoms with Gasteiger partial charge in [-0.2, -0.15) is 4.31 Å². The van der Waals surface area contributed by atoms with E-state index in [1.807, 2.05) is 19.1 Å². The van der Waals surface area contributed by atoms with Crippen molar-refractivity contribution in [1.82, 2.24) is 4.31 Å². The van der Waals surface area contributed by atoms with Gasteiger partial charge >= 0.3 is 0 Å². The van der Waals surface area contributed by atoms with Crippen LogP contribution in [0.4, 0.5) is 0 Å². The van der Waals surface area contributed by atoms with Crippen molar-refractivity contribution in [1.29, 1.82) is 0 Å². The molecule has 5 heteroatoms. The van der Waals surface area contributed by atoms with E-state index in [1.165, 1.54) is 0 Å². The number of benzene rings is 1. The van der Waals surface area contributed by atoms with Gasteiger partial charge in [0.15, 0.2) is 0 Å². The Morgan fingerprint density at radius 3 is 2.35 bits per heavy atom. The van der Waals surface area contributed by atoms with E-state index in [-0.39, 0.29) is 6.61 Å². The Kier molecular flexibility index (Phi) is 5.18. The van der Waals surface area contributed by atoms with Crippen molar-refractivity contribution in [2.45, 2.75) is 37.5 Å². The van der Waals surface area contributed by atoms with Crippen molar-refractivity contribution in [3.63, 3.8) is 0 Å². The molecule has 0 aromatic heterocycles. The zero-order chi connectivity index (χ0) is 14.6. The first-order chi connectivity index (χ1) is 9.54. The number of aliphatic hydroxyl groups excluding tert-OH is 1. The Hall–Kier alpha value is -0.910. The van der Waals surface area contributed by atoms with Crippen LogP contribution >= 0.6 is 0 Å². The molecule has 0 aliphatic carbocycles.